The van der Waals surface area contributed by atoms with Crippen molar-refractivity contribution in [2.24, 2.45) is 0 Å². The van der Waals surface area contributed by atoms with Crippen LogP contribution in [-0.2, 0) is 6.42 Å². The Kier molecular flexibility index (Phi) is 3.58. The molecule has 0 aliphatic rings. The average Bonchev–Trinajstić information content (AvgIpc) is 2.35. The van der Waals surface area contributed by atoms with Gasteiger partial charge in [-0.25, -0.2) is 4.39 Å². The van der Waals surface area contributed by atoms with Crippen LogP contribution in [0, 0.1) is 5.82 Å². The highest BCUT2D eigenvalue weighted by Gasteiger charge is 2.11. The number of halogens is 2. The molecule has 1 aromatic heterocycles. The highest BCUT2D eigenvalue weighted by Crippen LogP contribution is 2.18. The molecule has 1 heterocycles. The zero-order valence-electron chi connectivity index (χ0n) is 9.36. The topological polar surface area (TPSA) is 56.0 Å². The van der Waals surface area contributed by atoms with Crippen molar-refractivity contribution in [2.45, 2.75) is 6.42 Å². The fourth-order valence-electron chi connectivity index (χ4n) is 1.53. The van der Waals surface area contributed by atoms with Gasteiger partial charge in [0.1, 0.15) is 5.82 Å². The number of pyridine rings is 1. The lowest BCUT2D eigenvalue weighted by atomic mass is 10.0. The molecule has 3 nitrogen and oxygen atoms in total. The van der Waals surface area contributed by atoms with Crippen molar-refractivity contribution >= 4 is 23.1 Å². The zero-order chi connectivity index (χ0) is 13.1. The van der Waals surface area contributed by atoms with Crippen molar-refractivity contribution in [3.8, 4) is 0 Å². The predicted octanol–water partition coefficient (Wildman–Crippen LogP) is 2.88. The highest BCUT2D eigenvalue weighted by atomic mass is 35.5. The van der Waals surface area contributed by atoms with Gasteiger partial charge in [0.15, 0.2) is 5.78 Å². The number of hydrogen-bond donors (Lipinski definition) is 1. The standard InChI is InChI=1S/C13H10ClFN2O/c14-10-5-8(1-2-11(10)15)13(18)6-9-7-17-4-3-12(9)16/h1-5,7H,6H2,(H2,16,17). The molecule has 0 fully saturated rings. The third-order valence-corrected chi connectivity index (χ3v) is 2.82. The van der Waals surface area contributed by atoms with Gasteiger partial charge in [0.2, 0.25) is 0 Å². The largest absolute Gasteiger partial charge is 0.398 e. The molecule has 92 valence electrons. The van der Waals surface area contributed by atoms with E-state index >= 15 is 0 Å². The normalized spacial score (nSPS) is 10.3. The Labute approximate surface area is 108 Å². The number of nitrogens with zero attached hydrogens (tertiary/aromatic N) is 1. The number of nitrogen functional groups attached to an aromatic ring is 1. The number of aromatic nitrogens is 1. The number of Topliss-reactive ketones (excluding diaryl/α,β-unsaturated/α-hetero) is 1. The first-order valence-electron chi connectivity index (χ1n) is 5.24. The molecule has 2 aromatic rings. The lowest BCUT2D eigenvalue weighted by molar-refractivity contribution is 0.0993. The van der Waals surface area contributed by atoms with Crippen LogP contribution in [0.3, 0.4) is 0 Å². The van der Waals surface area contributed by atoms with Gasteiger partial charge >= 0.3 is 0 Å². The summed E-state index contributed by atoms with van der Waals surface area (Å²) < 4.78 is 13.0. The van der Waals surface area contributed by atoms with Crippen molar-refractivity contribution in [3.63, 3.8) is 0 Å². The zero-order valence-corrected chi connectivity index (χ0v) is 10.1. The Morgan fingerprint density at radius 1 is 1.39 bits per heavy atom. The summed E-state index contributed by atoms with van der Waals surface area (Å²) in [5.41, 5.74) is 7.22. The summed E-state index contributed by atoms with van der Waals surface area (Å²) in [5.74, 6) is -0.731. The SMILES string of the molecule is Nc1ccncc1CC(=O)c1ccc(F)c(Cl)c1. The minimum atomic E-state index is -0.547. The van der Waals surface area contributed by atoms with Crippen LogP contribution in [0.2, 0.25) is 5.02 Å². The maximum atomic E-state index is 13.0. The van der Waals surface area contributed by atoms with Gasteiger partial charge in [0, 0.05) is 35.6 Å². The molecular weight excluding hydrogens is 255 g/mol. The molecule has 0 atom stereocenters. The molecule has 0 unspecified atom stereocenters. The van der Waals surface area contributed by atoms with Crippen LogP contribution in [0.15, 0.2) is 36.7 Å². The molecule has 18 heavy (non-hydrogen) atoms. The number of anilines is 1. The maximum absolute atomic E-state index is 13.0. The molecule has 0 aliphatic carbocycles. The minimum absolute atomic E-state index is 0.0694. The van der Waals surface area contributed by atoms with Crippen LogP contribution in [0.4, 0.5) is 10.1 Å². The molecule has 5 heteroatoms. The van der Waals surface area contributed by atoms with Gasteiger partial charge in [0.05, 0.1) is 5.02 Å². The third-order valence-electron chi connectivity index (χ3n) is 2.53. The number of rotatable bonds is 3. The van der Waals surface area contributed by atoms with Gasteiger partial charge in [0.25, 0.3) is 0 Å². The minimum Gasteiger partial charge on any atom is -0.398 e. The molecule has 0 radical (unpaired) electrons. The summed E-state index contributed by atoms with van der Waals surface area (Å²) in [7, 11) is 0. The number of nitrogens with two attached hydrogens (primary N) is 1. The van der Waals surface area contributed by atoms with Crippen molar-refractivity contribution in [1.82, 2.24) is 4.98 Å². The van der Waals surface area contributed by atoms with E-state index in [1.54, 1.807) is 18.5 Å². The fourth-order valence-corrected chi connectivity index (χ4v) is 1.71. The van der Waals surface area contributed by atoms with E-state index < -0.39 is 5.82 Å². The van der Waals surface area contributed by atoms with Gasteiger partial charge in [-0.2, -0.15) is 0 Å². The first kappa shape index (κ1) is 12.5. The van der Waals surface area contributed by atoms with Gasteiger partial charge in [-0.05, 0) is 24.3 Å². The van der Waals surface area contributed by atoms with Crippen molar-refractivity contribution in [2.75, 3.05) is 5.73 Å². The second kappa shape index (κ2) is 5.14. The molecule has 0 saturated carbocycles. The Hall–Kier alpha value is -1.94. The lowest BCUT2D eigenvalue weighted by Gasteiger charge is -2.05. The van der Waals surface area contributed by atoms with Crippen LogP contribution in [0.1, 0.15) is 15.9 Å². The summed E-state index contributed by atoms with van der Waals surface area (Å²) in [5, 5.41) is -0.0694. The summed E-state index contributed by atoms with van der Waals surface area (Å²) in [4.78, 5) is 15.9. The van der Waals surface area contributed by atoms with E-state index in [0.717, 1.165) is 0 Å². The fraction of sp³-hybridized carbons (Fsp3) is 0.0769. The maximum Gasteiger partial charge on any atom is 0.167 e. The van der Waals surface area contributed by atoms with E-state index in [-0.39, 0.29) is 17.2 Å². The predicted molar refractivity (Wildman–Crippen MR) is 68.1 cm³/mol. The monoisotopic (exact) mass is 264 g/mol. The van der Waals surface area contributed by atoms with Crippen LogP contribution >= 0.6 is 11.6 Å². The molecule has 0 bridgehead atoms. The molecular formula is C13H10ClFN2O. The van der Waals surface area contributed by atoms with Crippen molar-refractivity contribution in [3.05, 3.63) is 58.6 Å². The van der Waals surface area contributed by atoms with Crippen molar-refractivity contribution in [1.29, 1.82) is 0 Å². The van der Waals surface area contributed by atoms with E-state index in [1.807, 2.05) is 0 Å². The van der Waals surface area contributed by atoms with Gasteiger partial charge in [-0.1, -0.05) is 11.6 Å². The second-order valence-electron chi connectivity index (χ2n) is 3.80. The van der Waals surface area contributed by atoms with E-state index in [0.29, 0.717) is 16.8 Å². The first-order chi connectivity index (χ1) is 8.58. The Morgan fingerprint density at radius 2 is 2.17 bits per heavy atom. The van der Waals surface area contributed by atoms with Gasteiger partial charge in [-0.3, -0.25) is 9.78 Å². The van der Waals surface area contributed by atoms with Crippen LogP contribution < -0.4 is 5.73 Å². The number of carbonyl (C=O) groups is 1. The highest BCUT2D eigenvalue weighted by molar-refractivity contribution is 6.31. The Bertz CT molecular complexity index is 601. The Balaban J connectivity index is 2.22. The molecule has 0 aliphatic heterocycles. The molecule has 0 amide bonds. The molecule has 2 N–H and O–H groups in total. The second-order valence-corrected chi connectivity index (χ2v) is 4.21. The number of ketones is 1. The van der Waals surface area contributed by atoms with E-state index in [4.69, 9.17) is 17.3 Å². The third kappa shape index (κ3) is 2.65. The molecule has 2 rings (SSSR count). The molecule has 0 spiro atoms. The van der Waals surface area contributed by atoms with E-state index in [2.05, 4.69) is 4.98 Å². The summed E-state index contributed by atoms with van der Waals surface area (Å²) in [6.07, 6.45) is 3.21. The quantitative estimate of drug-likeness (QED) is 0.868. The summed E-state index contributed by atoms with van der Waals surface area (Å²) >= 11 is 5.63. The van der Waals surface area contributed by atoms with Crippen LogP contribution in [-0.4, -0.2) is 10.8 Å². The average molecular weight is 265 g/mol. The van der Waals surface area contributed by atoms with Crippen LogP contribution in [0.5, 0.6) is 0 Å². The number of hydrogen-bond acceptors (Lipinski definition) is 3. The summed E-state index contributed by atoms with van der Waals surface area (Å²) in [6.45, 7) is 0. The first-order valence-corrected chi connectivity index (χ1v) is 5.62. The Morgan fingerprint density at radius 3 is 2.83 bits per heavy atom. The number of carbonyl (C=O) groups excluding carboxylic acids is 1. The smallest absolute Gasteiger partial charge is 0.167 e. The lowest BCUT2D eigenvalue weighted by Crippen LogP contribution is -2.06. The molecule has 0 saturated heterocycles. The van der Waals surface area contributed by atoms with Crippen LogP contribution in [0.25, 0.3) is 0 Å². The van der Waals surface area contributed by atoms with Crippen molar-refractivity contribution < 1.29 is 9.18 Å². The summed E-state index contributed by atoms with van der Waals surface area (Å²) in [6, 6.07) is 5.50. The van der Waals surface area contributed by atoms with E-state index in [9.17, 15) is 9.18 Å². The van der Waals surface area contributed by atoms with Gasteiger partial charge in [-0.15, -0.1) is 0 Å². The van der Waals surface area contributed by atoms with E-state index in [1.165, 1.54) is 18.2 Å². The van der Waals surface area contributed by atoms with Gasteiger partial charge < -0.3 is 5.73 Å². The molecule has 1 aromatic carbocycles. The number of benzene rings is 1.